The van der Waals surface area contributed by atoms with Crippen LogP contribution >= 0.6 is 0 Å². The van der Waals surface area contributed by atoms with Gasteiger partial charge in [-0.3, -0.25) is 4.79 Å². The van der Waals surface area contributed by atoms with E-state index in [1.807, 2.05) is 13.8 Å². The van der Waals surface area contributed by atoms with E-state index in [0.29, 0.717) is 0 Å². The molecule has 0 fully saturated rings. The maximum atomic E-state index is 11.0. The normalized spacial score (nSPS) is 15.3. The Kier molecular flexibility index (Phi) is 5.66. The Morgan fingerprint density at radius 2 is 2.17 bits per heavy atom. The fourth-order valence-electron chi connectivity index (χ4n) is 1.06. The van der Waals surface area contributed by atoms with Crippen LogP contribution in [0.5, 0.6) is 0 Å². The Morgan fingerprint density at radius 3 is 2.58 bits per heavy atom. The molecule has 0 radical (unpaired) electrons. The third-order valence-electron chi connectivity index (χ3n) is 1.41. The van der Waals surface area contributed by atoms with Crippen LogP contribution in [0, 0.1) is 0 Å². The van der Waals surface area contributed by atoms with Crippen molar-refractivity contribution in [1.29, 1.82) is 0 Å². The van der Waals surface area contributed by atoms with Gasteiger partial charge in [-0.25, -0.2) is 0 Å². The molecule has 0 rings (SSSR count). The summed E-state index contributed by atoms with van der Waals surface area (Å²) in [6, 6.07) is 0.232. The van der Waals surface area contributed by atoms with Crippen molar-refractivity contribution >= 4 is 5.91 Å². The minimum Gasteiger partial charge on any atom is -0.375 e. The molecule has 4 heteroatoms. The molecule has 4 nitrogen and oxygen atoms in total. The predicted octanol–water partition coefficient (Wildman–Crippen LogP) is -0.125. The first kappa shape index (κ1) is 11.4. The second-order valence-electron chi connectivity index (χ2n) is 3.11. The van der Waals surface area contributed by atoms with Crippen LogP contribution in [0.25, 0.3) is 0 Å². The zero-order valence-electron chi connectivity index (χ0n) is 7.96. The molecule has 12 heavy (non-hydrogen) atoms. The highest BCUT2D eigenvalue weighted by molar-refractivity contribution is 5.77. The average molecular weight is 174 g/mol. The molecular formula is C8H18N2O2. The molecule has 0 spiro atoms. The molecule has 2 unspecified atom stereocenters. The molecule has 0 aromatic heterocycles. The van der Waals surface area contributed by atoms with Gasteiger partial charge in [0.25, 0.3) is 0 Å². The minimum absolute atomic E-state index is 0.0920. The molecule has 3 N–H and O–H groups in total. The van der Waals surface area contributed by atoms with E-state index >= 15 is 0 Å². The van der Waals surface area contributed by atoms with E-state index in [1.165, 1.54) is 7.11 Å². The van der Waals surface area contributed by atoms with Crippen LogP contribution in [0.15, 0.2) is 0 Å². The minimum atomic E-state index is -0.0920. The maximum Gasteiger partial charge on any atom is 0.246 e. The monoisotopic (exact) mass is 174 g/mol. The number of amides is 1. The van der Waals surface area contributed by atoms with Crippen molar-refractivity contribution in [2.45, 2.75) is 32.4 Å². The summed E-state index contributed by atoms with van der Waals surface area (Å²) in [5.41, 5.74) is 5.56. The van der Waals surface area contributed by atoms with Crippen LogP contribution in [-0.2, 0) is 9.53 Å². The lowest BCUT2D eigenvalue weighted by Crippen LogP contribution is -2.38. The number of hydrogen-bond acceptors (Lipinski definition) is 3. The highest BCUT2D eigenvalue weighted by Crippen LogP contribution is 1.93. The lowest BCUT2D eigenvalue weighted by molar-refractivity contribution is -0.125. The SMILES string of the molecule is COCC(=O)NC(C)CC(C)N. The molecule has 0 aromatic rings. The van der Waals surface area contributed by atoms with Gasteiger partial charge in [0.05, 0.1) is 0 Å². The number of nitrogens with one attached hydrogen (secondary N) is 1. The first-order valence-corrected chi connectivity index (χ1v) is 4.10. The molecule has 0 heterocycles. The van der Waals surface area contributed by atoms with Gasteiger partial charge >= 0.3 is 0 Å². The van der Waals surface area contributed by atoms with Crippen molar-refractivity contribution in [3.05, 3.63) is 0 Å². The molecule has 72 valence electrons. The van der Waals surface area contributed by atoms with Crippen molar-refractivity contribution in [2.75, 3.05) is 13.7 Å². The standard InChI is InChI=1S/C8H18N2O2/c1-6(9)4-7(2)10-8(11)5-12-3/h6-7H,4-5,9H2,1-3H3,(H,10,11). The first-order valence-electron chi connectivity index (χ1n) is 4.10. The molecule has 0 aliphatic carbocycles. The van der Waals surface area contributed by atoms with Crippen molar-refractivity contribution in [1.82, 2.24) is 5.32 Å². The van der Waals surface area contributed by atoms with Gasteiger partial charge in [-0.2, -0.15) is 0 Å². The zero-order valence-corrected chi connectivity index (χ0v) is 7.96. The predicted molar refractivity (Wildman–Crippen MR) is 47.7 cm³/mol. The number of rotatable bonds is 5. The largest absolute Gasteiger partial charge is 0.375 e. The summed E-state index contributed by atoms with van der Waals surface area (Å²) in [6.45, 7) is 3.96. The molecular weight excluding hydrogens is 156 g/mol. The fraction of sp³-hybridized carbons (Fsp3) is 0.875. The number of carbonyl (C=O) groups is 1. The van der Waals surface area contributed by atoms with Crippen LogP contribution in [0.2, 0.25) is 0 Å². The lowest BCUT2D eigenvalue weighted by atomic mass is 10.1. The summed E-state index contributed by atoms with van der Waals surface area (Å²) in [5, 5.41) is 2.77. The summed E-state index contributed by atoms with van der Waals surface area (Å²) >= 11 is 0. The summed E-state index contributed by atoms with van der Waals surface area (Å²) in [6.07, 6.45) is 0.787. The van der Waals surface area contributed by atoms with Gasteiger partial charge in [-0.05, 0) is 20.3 Å². The van der Waals surface area contributed by atoms with Gasteiger partial charge in [-0.15, -0.1) is 0 Å². The third kappa shape index (κ3) is 6.12. The van der Waals surface area contributed by atoms with Crippen LogP contribution < -0.4 is 11.1 Å². The molecule has 0 aliphatic rings. The van der Waals surface area contributed by atoms with Crippen molar-refractivity contribution in [2.24, 2.45) is 5.73 Å². The molecule has 0 saturated carbocycles. The topological polar surface area (TPSA) is 64.3 Å². The van der Waals surface area contributed by atoms with Crippen LogP contribution in [0.4, 0.5) is 0 Å². The van der Waals surface area contributed by atoms with Gasteiger partial charge < -0.3 is 15.8 Å². The van der Waals surface area contributed by atoms with Gasteiger partial charge in [0.15, 0.2) is 0 Å². The Bertz CT molecular complexity index is 137. The van der Waals surface area contributed by atoms with Crippen LogP contribution in [0.1, 0.15) is 20.3 Å². The summed E-state index contributed by atoms with van der Waals surface area (Å²) < 4.78 is 4.67. The highest BCUT2D eigenvalue weighted by atomic mass is 16.5. The molecule has 2 atom stereocenters. The summed E-state index contributed by atoms with van der Waals surface area (Å²) in [7, 11) is 1.50. The number of methoxy groups -OCH3 is 1. The number of ether oxygens (including phenoxy) is 1. The van der Waals surface area contributed by atoms with E-state index in [0.717, 1.165) is 6.42 Å². The molecule has 0 aromatic carbocycles. The third-order valence-corrected chi connectivity index (χ3v) is 1.41. The summed E-state index contributed by atoms with van der Waals surface area (Å²) in [5.74, 6) is -0.0920. The highest BCUT2D eigenvalue weighted by Gasteiger charge is 2.07. The van der Waals surface area contributed by atoms with Crippen LogP contribution in [0.3, 0.4) is 0 Å². The van der Waals surface area contributed by atoms with E-state index in [2.05, 4.69) is 10.1 Å². The second-order valence-corrected chi connectivity index (χ2v) is 3.11. The van der Waals surface area contributed by atoms with E-state index in [-0.39, 0.29) is 24.6 Å². The lowest BCUT2D eigenvalue weighted by Gasteiger charge is -2.15. The molecule has 0 saturated heterocycles. The van der Waals surface area contributed by atoms with Gasteiger partial charge in [0.2, 0.25) is 5.91 Å². The van der Waals surface area contributed by atoms with Gasteiger partial charge in [0.1, 0.15) is 6.61 Å². The van der Waals surface area contributed by atoms with Gasteiger partial charge in [0, 0.05) is 19.2 Å². The van der Waals surface area contributed by atoms with Crippen molar-refractivity contribution in [3.8, 4) is 0 Å². The van der Waals surface area contributed by atoms with Crippen LogP contribution in [-0.4, -0.2) is 31.7 Å². The molecule has 1 amide bonds. The Labute approximate surface area is 73.5 Å². The van der Waals surface area contributed by atoms with Gasteiger partial charge in [-0.1, -0.05) is 0 Å². The van der Waals surface area contributed by atoms with E-state index in [9.17, 15) is 4.79 Å². The smallest absolute Gasteiger partial charge is 0.246 e. The first-order chi connectivity index (χ1) is 5.56. The Hall–Kier alpha value is -0.610. The Morgan fingerprint density at radius 1 is 1.58 bits per heavy atom. The van der Waals surface area contributed by atoms with Crippen molar-refractivity contribution in [3.63, 3.8) is 0 Å². The Balaban J connectivity index is 3.54. The second kappa shape index (κ2) is 5.97. The zero-order chi connectivity index (χ0) is 9.56. The van der Waals surface area contributed by atoms with E-state index < -0.39 is 0 Å². The molecule has 0 aliphatic heterocycles. The quantitative estimate of drug-likeness (QED) is 0.610. The van der Waals surface area contributed by atoms with E-state index in [1.54, 1.807) is 0 Å². The summed E-state index contributed by atoms with van der Waals surface area (Å²) in [4.78, 5) is 11.0. The van der Waals surface area contributed by atoms with Crippen molar-refractivity contribution < 1.29 is 9.53 Å². The number of hydrogen-bond donors (Lipinski definition) is 2. The maximum absolute atomic E-state index is 11.0. The molecule has 0 bridgehead atoms. The average Bonchev–Trinajstić information content (AvgIpc) is 1.84. The number of nitrogens with two attached hydrogens (primary N) is 1. The number of carbonyl (C=O) groups excluding carboxylic acids is 1. The van der Waals surface area contributed by atoms with E-state index in [4.69, 9.17) is 5.73 Å². The fourth-order valence-corrected chi connectivity index (χ4v) is 1.06.